The third kappa shape index (κ3) is 5.33. The van der Waals surface area contributed by atoms with Crippen LogP contribution >= 0.6 is 0 Å². The number of unbranched alkanes of at least 4 members (excludes halogenated alkanes) is 2. The zero-order valence-electron chi connectivity index (χ0n) is 18.4. The van der Waals surface area contributed by atoms with E-state index in [1.165, 1.54) is 47.9 Å². The summed E-state index contributed by atoms with van der Waals surface area (Å²) in [5, 5.41) is 0. The maximum absolute atomic E-state index is 6.16. The second-order valence-electron chi connectivity index (χ2n) is 10.1. The second kappa shape index (κ2) is 8.44. The number of hydrogen-bond donors (Lipinski definition) is 0. The highest BCUT2D eigenvalue weighted by Gasteiger charge is 2.29. The molecule has 0 amide bonds. The molecule has 0 aromatic heterocycles. The van der Waals surface area contributed by atoms with Crippen molar-refractivity contribution in [3.8, 4) is 0 Å². The molecule has 1 aromatic carbocycles. The van der Waals surface area contributed by atoms with Crippen molar-refractivity contribution in [2.45, 2.75) is 98.2 Å². The molecule has 1 aliphatic heterocycles. The Balaban J connectivity index is 2.22. The van der Waals surface area contributed by atoms with Gasteiger partial charge in [0.2, 0.25) is 0 Å². The van der Waals surface area contributed by atoms with E-state index in [2.05, 4.69) is 67.5 Å². The van der Waals surface area contributed by atoms with Gasteiger partial charge in [0.05, 0.1) is 13.2 Å². The maximum atomic E-state index is 6.16. The minimum atomic E-state index is -0.222. The molecule has 1 aromatic rings. The predicted octanol–water partition coefficient (Wildman–Crippen LogP) is 6.83. The van der Waals surface area contributed by atoms with Crippen LogP contribution in [-0.2, 0) is 20.3 Å². The molecule has 1 saturated heterocycles. The fourth-order valence-corrected chi connectivity index (χ4v) is 4.02. The fourth-order valence-electron chi connectivity index (χ4n) is 4.02. The van der Waals surface area contributed by atoms with Crippen LogP contribution in [0.5, 0.6) is 0 Å². The van der Waals surface area contributed by atoms with Crippen LogP contribution in [0.25, 0.3) is 0 Å². The summed E-state index contributed by atoms with van der Waals surface area (Å²) in [5.74, 6) is 0.549. The van der Waals surface area contributed by atoms with Gasteiger partial charge in [0.15, 0.2) is 6.29 Å². The lowest BCUT2D eigenvalue weighted by Crippen LogP contribution is -2.28. The van der Waals surface area contributed by atoms with Crippen LogP contribution in [0, 0.1) is 12.8 Å². The molecular weight excluding hydrogens is 320 g/mol. The molecule has 1 heterocycles. The van der Waals surface area contributed by atoms with Crippen LogP contribution < -0.4 is 0 Å². The Bertz CT molecular complexity index is 546. The molecule has 0 spiro atoms. The summed E-state index contributed by atoms with van der Waals surface area (Å²) in [6, 6.07) is 4.62. The fraction of sp³-hybridized carbons (Fsp3) is 0.750. The van der Waals surface area contributed by atoms with Crippen LogP contribution in [0.4, 0.5) is 0 Å². The number of rotatable bonds is 5. The van der Waals surface area contributed by atoms with E-state index in [4.69, 9.17) is 9.47 Å². The van der Waals surface area contributed by atoms with Gasteiger partial charge in [0.25, 0.3) is 0 Å². The standard InChI is InChI=1S/C24H40O2/c1-9-10-11-12-18-15-25-22(26-16-18)19-13-20(23(3,4)5)17(2)21(14-19)24(6,7)8/h13-14,18,22H,9-12,15-16H2,1-8H3. The van der Waals surface area contributed by atoms with E-state index in [0.29, 0.717) is 5.92 Å². The minimum Gasteiger partial charge on any atom is -0.348 e. The third-order valence-electron chi connectivity index (χ3n) is 5.50. The van der Waals surface area contributed by atoms with E-state index < -0.39 is 0 Å². The Kier molecular flexibility index (Phi) is 6.96. The van der Waals surface area contributed by atoms with Gasteiger partial charge in [-0.25, -0.2) is 0 Å². The number of benzene rings is 1. The van der Waals surface area contributed by atoms with Crippen LogP contribution in [0.1, 0.15) is 103 Å². The van der Waals surface area contributed by atoms with Crippen molar-refractivity contribution >= 4 is 0 Å². The van der Waals surface area contributed by atoms with Gasteiger partial charge in [-0.3, -0.25) is 0 Å². The molecule has 2 heteroatoms. The highest BCUT2D eigenvalue weighted by molar-refractivity contribution is 5.45. The highest BCUT2D eigenvalue weighted by Crippen LogP contribution is 2.38. The first-order valence-corrected chi connectivity index (χ1v) is 10.4. The Labute approximate surface area is 161 Å². The molecule has 148 valence electrons. The van der Waals surface area contributed by atoms with Crippen molar-refractivity contribution in [1.82, 2.24) is 0 Å². The molecule has 1 fully saturated rings. The largest absolute Gasteiger partial charge is 0.348 e. The monoisotopic (exact) mass is 360 g/mol. The Hall–Kier alpha value is -0.860. The summed E-state index contributed by atoms with van der Waals surface area (Å²) >= 11 is 0. The lowest BCUT2D eigenvalue weighted by atomic mass is 9.75. The summed E-state index contributed by atoms with van der Waals surface area (Å²) in [5.41, 5.74) is 5.60. The van der Waals surface area contributed by atoms with E-state index in [0.717, 1.165) is 13.2 Å². The SMILES string of the molecule is CCCCCC1COC(c2cc(C(C)(C)C)c(C)c(C(C)(C)C)c2)OC1. The third-order valence-corrected chi connectivity index (χ3v) is 5.50. The molecule has 2 rings (SSSR count). The molecule has 0 N–H and O–H groups in total. The van der Waals surface area contributed by atoms with Crippen molar-refractivity contribution in [3.63, 3.8) is 0 Å². The molecule has 26 heavy (non-hydrogen) atoms. The zero-order valence-corrected chi connectivity index (χ0v) is 18.4. The van der Waals surface area contributed by atoms with Gasteiger partial charge < -0.3 is 9.47 Å². The maximum Gasteiger partial charge on any atom is 0.183 e. The van der Waals surface area contributed by atoms with Gasteiger partial charge in [-0.15, -0.1) is 0 Å². The first kappa shape index (κ1) is 21.4. The molecule has 0 radical (unpaired) electrons. The lowest BCUT2D eigenvalue weighted by Gasteiger charge is -2.34. The minimum absolute atomic E-state index is 0.109. The number of hydrogen-bond acceptors (Lipinski definition) is 2. The Morgan fingerprint density at radius 2 is 1.38 bits per heavy atom. The Morgan fingerprint density at radius 3 is 1.81 bits per heavy atom. The van der Waals surface area contributed by atoms with E-state index in [-0.39, 0.29) is 17.1 Å². The van der Waals surface area contributed by atoms with E-state index in [1.807, 2.05) is 0 Å². The molecular formula is C24H40O2. The van der Waals surface area contributed by atoms with Gasteiger partial charge in [-0.05, 0) is 53.0 Å². The average molecular weight is 361 g/mol. The quantitative estimate of drug-likeness (QED) is 0.536. The topological polar surface area (TPSA) is 18.5 Å². The van der Waals surface area contributed by atoms with Crippen molar-refractivity contribution in [3.05, 3.63) is 34.4 Å². The van der Waals surface area contributed by atoms with Crippen molar-refractivity contribution in [2.24, 2.45) is 5.92 Å². The van der Waals surface area contributed by atoms with Gasteiger partial charge in [-0.1, -0.05) is 67.7 Å². The smallest absolute Gasteiger partial charge is 0.183 e. The lowest BCUT2D eigenvalue weighted by molar-refractivity contribution is -0.206. The first-order chi connectivity index (χ1) is 12.0. The summed E-state index contributed by atoms with van der Waals surface area (Å²) in [7, 11) is 0. The van der Waals surface area contributed by atoms with Crippen LogP contribution in [0.2, 0.25) is 0 Å². The highest BCUT2D eigenvalue weighted by atomic mass is 16.7. The van der Waals surface area contributed by atoms with Gasteiger partial charge in [-0.2, -0.15) is 0 Å². The van der Waals surface area contributed by atoms with Gasteiger partial charge in [0, 0.05) is 11.5 Å². The van der Waals surface area contributed by atoms with E-state index in [9.17, 15) is 0 Å². The molecule has 0 aliphatic carbocycles. The van der Waals surface area contributed by atoms with Crippen LogP contribution in [-0.4, -0.2) is 13.2 Å². The molecule has 0 bridgehead atoms. The molecule has 0 atom stereocenters. The van der Waals surface area contributed by atoms with Crippen molar-refractivity contribution in [1.29, 1.82) is 0 Å². The summed E-state index contributed by atoms with van der Waals surface area (Å²) < 4.78 is 12.3. The normalized spacial score (nSPS) is 21.8. The zero-order chi connectivity index (χ0) is 19.5. The van der Waals surface area contributed by atoms with Crippen LogP contribution in [0.15, 0.2) is 12.1 Å². The average Bonchev–Trinajstić information content (AvgIpc) is 2.54. The Morgan fingerprint density at radius 1 is 0.885 bits per heavy atom. The summed E-state index contributed by atoms with van der Waals surface area (Å²) in [4.78, 5) is 0. The van der Waals surface area contributed by atoms with E-state index >= 15 is 0 Å². The van der Waals surface area contributed by atoms with Gasteiger partial charge in [0.1, 0.15) is 0 Å². The summed E-state index contributed by atoms with van der Waals surface area (Å²) in [6.45, 7) is 19.9. The molecule has 0 saturated carbocycles. The van der Waals surface area contributed by atoms with Crippen LogP contribution in [0.3, 0.4) is 0 Å². The van der Waals surface area contributed by atoms with E-state index in [1.54, 1.807) is 0 Å². The first-order valence-electron chi connectivity index (χ1n) is 10.4. The molecule has 2 nitrogen and oxygen atoms in total. The number of ether oxygens (including phenoxy) is 2. The van der Waals surface area contributed by atoms with Crippen molar-refractivity contribution in [2.75, 3.05) is 13.2 Å². The van der Waals surface area contributed by atoms with Gasteiger partial charge >= 0.3 is 0 Å². The summed E-state index contributed by atoms with van der Waals surface area (Å²) in [6.07, 6.45) is 4.86. The second-order valence-corrected chi connectivity index (χ2v) is 10.1. The molecule has 0 unspecified atom stereocenters. The molecule has 1 aliphatic rings. The predicted molar refractivity (Wildman–Crippen MR) is 111 cm³/mol. The van der Waals surface area contributed by atoms with Crippen molar-refractivity contribution < 1.29 is 9.47 Å².